The predicted octanol–water partition coefficient (Wildman–Crippen LogP) is 1.42. The maximum atomic E-state index is 12.0. The maximum Gasteiger partial charge on any atom is 0.287 e. The van der Waals surface area contributed by atoms with Crippen molar-refractivity contribution < 1.29 is 9.21 Å². The molecule has 1 amide bonds. The van der Waals surface area contributed by atoms with Crippen molar-refractivity contribution in [1.29, 1.82) is 0 Å². The number of hydrogen-bond donors (Lipinski definition) is 1. The van der Waals surface area contributed by atoms with Crippen molar-refractivity contribution in [2.75, 3.05) is 19.0 Å². The average molecular weight is 286 g/mol. The molecule has 0 saturated carbocycles. The Hall–Kier alpha value is -2.37. The smallest absolute Gasteiger partial charge is 0.287 e. The van der Waals surface area contributed by atoms with Gasteiger partial charge in [-0.3, -0.25) is 4.79 Å². The van der Waals surface area contributed by atoms with Gasteiger partial charge in [0.05, 0.1) is 6.26 Å². The van der Waals surface area contributed by atoms with Gasteiger partial charge in [0.25, 0.3) is 5.91 Å². The molecule has 0 saturated heterocycles. The summed E-state index contributed by atoms with van der Waals surface area (Å²) in [7, 11) is 3.86. The SMILES string of the molecule is CN(C)c1ncc2c(n1)CC[C@@H](NC(=O)c1ccco1)C2. The Bertz CT molecular complexity index is 637. The van der Waals surface area contributed by atoms with Crippen LogP contribution in [0.2, 0.25) is 0 Å². The second-order valence-corrected chi connectivity index (χ2v) is 5.43. The summed E-state index contributed by atoms with van der Waals surface area (Å²) in [5, 5.41) is 3.00. The average Bonchev–Trinajstić information content (AvgIpc) is 3.01. The summed E-state index contributed by atoms with van der Waals surface area (Å²) < 4.78 is 5.11. The minimum absolute atomic E-state index is 0.101. The van der Waals surface area contributed by atoms with Crippen LogP contribution in [0.25, 0.3) is 0 Å². The van der Waals surface area contributed by atoms with Crippen molar-refractivity contribution >= 4 is 11.9 Å². The largest absolute Gasteiger partial charge is 0.459 e. The topological polar surface area (TPSA) is 71.3 Å². The summed E-state index contributed by atoms with van der Waals surface area (Å²) >= 11 is 0. The summed E-state index contributed by atoms with van der Waals surface area (Å²) in [4.78, 5) is 22.8. The molecule has 1 aliphatic carbocycles. The van der Waals surface area contributed by atoms with E-state index in [1.807, 2.05) is 25.2 Å². The van der Waals surface area contributed by atoms with Gasteiger partial charge >= 0.3 is 0 Å². The highest BCUT2D eigenvalue weighted by atomic mass is 16.3. The molecule has 0 spiro atoms. The molecule has 3 rings (SSSR count). The molecule has 21 heavy (non-hydrogen) atoms. The fourth-order valence-electron chi connectivity index (χ4n) is 2.50. The minimum atomic E-state index is -0.167. The minimum Gasteiger partial charge on any atom is -0.459 e. The highest BCUT2D eigenvalue weighted by Gasteiger charge is 2.23. The number of rotatable bonds is 3. The lowest BCUT2D eigenvalue weighted by molar-refractivity contribution is 0.0905. The third-order valence-corrected chi connectivity index (χ3v) is 3.62. The molecule has 0 bridgehead atoms. The molecule has 0 radical (unpaired) electrons. The van der Waals surface area contributed by atoms with Crippen LogP contribution < -0.4 is 10.2 Å². The molecule has 2 aromatic heterocycles. The number of nitrogens with one attached hydrogen (secondary N) is 1. The number of carbonyl (C=O) groups is 1. The highest BCUT2D eigenvalue weighted by Crippen LogP contribution is 2.21. The first-order chi connectivity index (χ1) is 10.1. The molecule has 1 N–H and O–H groups in total. The number of anilines is 1. The summed E-state index contributed by atoms with van der Waals surface area (Å²) in [6, 6.07) is 3.48. The Morgan fingerprint density at radius 2 is 2.33 bits per heavy atom. The first kappa shape index (κ1) is 13.6. The van der Waals surface area contributed by atoms with Crippen LogP contribution in [0.15, 0.2) is 29.0 Å². The van der Waals surface area contributed by atoms with E-state index in [1.54, 1.807) is 12.1 Å². The molecule has 6 nitrogen and oxygen atoms in total. The van der Waals surface area contributed by atoms with E-state index in [9.17, 15) is 4.79 Å². The van der Waals surface area contributed by atoms with Gasteiger partial charge in [0.15, 0.2) is 5.76 Å². The zero-order valence-electron chi connectivity index (χ0n) is 12.2. The van der Waals surface area contributed by atoms with Gasteiger partial charge in [-0.1, -0.05) is 0 Å². The van der Waals surface area contributed by atoms with Gasteiger partial charge in [-0.05, 0) is 37.0 Å². The molecular weight excluding hydrogens is 268 g/mol. The van der Waals surface area contributed by atoms with Crippen molar-refractivity contribution in [2.45, 2.75) is 25.3 Å². The second kappa shape index (κ2) is 5.55. The first-order valence-electron chi connectivity index (χ1n) is 7.00. The quantitative estimate of drug-likeness (QED) is 0.924. The van der Waals surface area contributed by atoms with Gasteiger partial charge in [0, 0.05) is 32.0 Å². The maximum absolute atomic E-state index is 12.0. The predicted molar refractivity (Wildman–Crippen MR) is 78.3 cm³/mol. The van der Waals surface area contributed by atoms with Crippen LogP contribution in [0.1, 0.15) is 28.2 Å². The number of hydrogen-bond acceptors (Lipinski definition) is 5. The van der Waals surface area contributed by atoms with E-state index >= 15 is 0 Å². The molecule has 1 atom stereocenters. The molecule has 0 unspecified atom stereocenters. The number of fused-ring (bicyclic) bond motifs is 1. The third-order valence-electron chi connectivity index (χ3n) is 3.62. The van der Waals surface area contributed by atoms with Crippen molar-refractivity contribution in [3.05, 3.63) is 41.6 Å². The lowest BCUT2D eigenvalue weighted by atomic mass is 9.93. The Balaban J connectivity index is 1.69. The third kappa shape index (κ3) is 2.89. The van der Waals surface area contributed by atoms with Gasteiger partial charge in [-0.15, -0.1) is 0 Å². The zero-order chi connectivity index (χ0) is 14.8. The fraction of sp³-hybridized carbons (Fsp3) is 0.400. The van der Waals surface area contributed by atoms with E-state index in [2.05, 4.69) is 15.3 Å². The van der Waals surface area contributed by atoms with Crippen molar-refractivity contribution in [1.82, 2.24) is 15.3 Å². The van der Waals surface area contributed by atoms with Gasteiger partial charge in [0.1, 0.15) is 0 Å². The molecule has 2 heterocycles. The summed E-state index contributed by atoms with van der Waals surface area (Å²) in [6.07, 6.45) is 5.85. The Morgan fingerprint density at radius 3 is 3.05 bits per heavy atom. The van der Waals surface area contributed by atoms with E-state index < -0.39 is 0 Å². The van der Waals surface area contributed by atoms with Gasteiger partial charge in [0.2, 0.25) is 5.95 Å². The molecule has 2 aromatic rings. The summed E-state index contributed by atoms with van der Waals surface area (Å²) in [5.41, 5.74) is 2.19. The summed E-state index contributed by atoms with van der Waals surface area (Å²) in [6.45, 7) is 0. The van der Waals surface area contributed by atoms with Crippen molar-refractivity contribution in [2.24, 2.45) is 0 Å². The normalized spacial score (nSPS) is 17.1. The van der Waals surface area contributed by atoms with E-state index in [1.165, 1.54) is 6.26 Å². The number of amides is 1. The molecular formula is C15H18N4O2. The monoisotopic (exact) mass is 286 g/mol. The van der Waals surface area contributed by atoms with Crippen molar-refractivity contribution in [3.8, 4) is 0 Å². The number of furan rings is 1. The lowest BCUT2D eigenvalue weighted by Crippen LogP contribution is -2.39. The molecule has 1 aliphatic rings. The fourth-order valence-corrected chi connectivity index (χ4v) is 2.50. The van der Waals surface area contributed by atoms with Crippen LogP contribution in [0, 0.1) is 0 Å². The van der Waals surface area contributed by atoms with Gasteiger partial charge < -0.3 is 14.6 Å². The van der Waals surface area contributed by atoms with Crippen LogP contribution in [-0.2, 0) is 12.8 Å². The molecule has 6 heteroatoms. The molecule has 110 valence electrons. The number of carbonyl (C=O) groups excluding carboxylic acids is 1. The first-order valence-corrected chi connectivity index (χ1v) is 7.00. The van der Waals surface area contributed by atoms with Crippen LogP contribution >= 0.6 is 0 Å². The Morgan fingerprint density at radius 1 is 1.48 bits per heavy atom. The van der Waals surface area contributed by atoms with Crippen LogP contribution in [0.4, 0.5) is 5.95 Å². The molecule has 0 aromatic carbocycles. The van der Waals surface area contributed by atoms with Crippen LogP contribution in [-0.4, -0.2) is 36.0 Å². The number of nitrogens with zero attached hydrogens (tertiary/aromatic N) is 3. The second-order valence-electron chi connectivity index (χ2n) is 5.43. The van der Waals surface area contributed by atoms with E-state index in [0.29, 0.717) is 5.76 Å². The van der Waals surface area contributed by atoms with Crippen LogP contribution in [0.3, 0.4) is 0 Å². The van der Waals surface area contributed by atoms with E-state index in [0.717, 1.165) is 36.5 Å². The highest BCUT2D eigenvalue weighted by molar-refractivity contribution is 5.91. The lowest BCUT2D eigenvalue weighted by Gasteiger charge is -2.25. The Labute approximate surface area is 123 Å². The summed E-state index contributed by atoms with van der Waals surface area (Å²) in [5.74, 6) is 0.908. The zero-order valence-corrected chi connectivity index (χ0v) is 12.2. The van der Waals surface area contributed by atoms with E-state index in [-0.39, 0.29) is 11.9 Å². The van der Waals surface area contributed by atoms with Gasteiger partial charge in [-0.2, -0.15) is 0 Å². The van der Waals surface area contributed by atoms with Gasteiger partial charge in [-0.25, -0.2) is 9.97 Å². The standard InChI is InChI=1S/C15H18N4O2/c1-19(2)15-16-9-10-8-11(5-6-12(10)18-15)17-14(20)13-4-3-7-21-13/h3-4,7,9,11H,5-6,8H2,1-2H3,(H,17,20)/t11-/m1/s1. The number of aromatic nitrogens is 2. The van der Waals surface area contributed by atoms with Crippen molar-refractivity contribution in [3.63, 3.8) is 0 Å². The van der Waals surface area contributed by atoms with Crippen LogP contribution in [0.5, 0.6) is 0 Å². The Kier molecular flexibility index (Phi) is 3.60. The van der Waals surface area contributed by atoms with E-state index in [4.69, 9.17) is 4.42 Å². The molecule has 0 fully saturated rings. The molecule has 0 aliphatic heterocycles. The number of aryl methyl sites for hydroxylation is 1.